The van der Waals surface area contributed by atoms with Crippen molar-refractivity contribution in [2.24, 2.45) is 9.98 Å². The van der Waals surface area contributed by atoms with Gasteiger partial charge in [-0.1, -0.05) is 60.7 Å². The quantitative estimate of drug-likeness (QED) is 0.352. The van der Waals surface area contributed by atoms with E-state index in [-0.39, 0.29) is 36.6 Å². The summed E-state index contributed by atoms with van der Waals surface area (Å²) >= 11 is 0. The maximum atomic E-state index is 10.5. The number of rotatable bonds is 12. The third kappa shape index (κ3) is 6.13. The van der Waals surface area contributed by atoms with Gasteiger partial charge in [-0.25, -0.2) is 19.6 Å². The average molecular weight is 465 g/mol. The molecule has 4 rings (SSSR count). The highest BCUT2D eigenvalue weighted by Gasteiger charge is 2.50. The smallest absolute Gasteiger partial charge is 0.234 e. The van der Waals surface area contributed by atoms with Crippen molar-refractivity contribution in [1.82, 2.24) is 0 Å². The van der Waals surface area contributed by atoms with Gasteiger partial charge in [-0.3, -0.25) is 0 Å². The van der Waals surface area contributed by atoms with Crippen molar-refractivity contribution in [3.05, 3.63) is 71.8 Å². The molecule has 2 aliphatic rings. The van der Waals surface area contributed by atoms with Crippen LogP contribution in [0.25, 0.3) is 0 Å². The lowest BCUT2D eigenvalue weighted by atomic mass is 10.0. The molecular formula is C26H28N2O6. The second kappa shape index (κ2) is 12.5. The molecule has 0 bridgehead atoms. The summed E-state index contributed by atoms with van der Waals surface area (Å²) in [6, 6.07) is 19.7. The maximum absolute atomic E-state index is 10.5. The zero-order chi connectivity index (χ0) is 23.6. The van der Waals surface area contributed by atoms with Crippen LogP contribution in [0.1, 0.15) is 36.2 Å². The third-order valence-electron chi connectivity index (χ3n) is 6.12. The molecule has 8 nitrogen and oxygen atoms in total. The highest BCUT2D eigenvalue weighted by atomic mass is 16.6. The second-order valence-corrected chi connectivity index (χ2v) is 8.27. The first-order valence-electron chi connectivity index (χ1n) is 11.5. The molecule has 2 heterocycles. The zero-order valence-corrected chi connectivity index (χ0v) is 18.8. The third-order valence-corrected chi connectivity index (χ3v) is 6.12. The fourth-order valence-corrected chi connectivity index (χ4v) is 4.50. The summed E-state index contributed by atoms with van der Waals surface area (Å²) in [5.74, 6) is 0. The monoisotopic (exact) mass is 464 g/mol. The van der Waals surface area contributed by atoms with E-state index in [1.54, 1.807) is 12.2 Å². The number of nitrogens with zero attached hydrogens (tertiary/aromatic N) is 2. The first-order chi connectivity index (χ1) is 16.8. The van der Waals surface area contributed by atoms with Crippen molar-refractivity contribution in [1.29, 1.82) is 0 Å². The van der Waals surface area contributed by atoms with Gasteiger partial charge in [0.05, 0.1) is 38.5 Å². The Hall–Kier alpha value is -2.96. The normalized spacial score (nSPS) is 25.1. The number of fused-ring (bicyclic) bond motifs is 1. The van der Waals surface area contributed by atoms with E-state index >= 15 is 0 Å². The first-order valence-corrected chi connectivity index (χ1v) is 11.5. The summed E-state index contributed by atoms with van der Waals surface area (Å²) in [5.41, 5.74) is 2.02. The largest absolute Gasteiger partial charge is 0.370 e. The Morgan fingerprint density at radius 3 is 1.53 bits per heavy atom. The second-order valence-electron chi connectivity index (χ2n) is 8.27. The van der Waals surface area contributed by atoms with E-state index in [9.17, 15) is 9.59 Å². The van der Waals surface area contributed by atoms with Gasteiger partial charge in [-0.05, 0) is 24.0 Å². The Bertz CT molecular complexity index is 909. The van der Waals surface area contributed by atoms with Gasteiger partial charge in [0.2, 0.25) is 12.2 Å². The molecule has 34 heavy (non-hydrogen) atoms. The molecule has 2 aliphatic heterocycles. The summed E-state index contributed by atoms with van der Waals surface area (Å²) in [6.07, 6.45) is 2.76. The van der Waals surface area contributed by atoms with Crippen molar-refractivity contribution < 1.29 is 28.5 Å². The topological polar surface area (TPSA) is 95.8 Å². The van der Waals surface area contributed by atoms with E-state index in [0.29, 0.717) is 39.1 Å². The van der Waals surface area contributed by atoms with Crippen LogP contribution in [0.5, 0.6) is 0 Å². The van der Waals surface area contributed by atoms with Crippen LogP contribution in [0.2, 0.25) is 0 Å². The van der Waals surface area contributed by atoms with Gasteiger partial charge in [0.15, 0.2) is 0 Å². The molecule has 0 aliphatic carbocycles. The molecule has 0 amide bonds. The van der Waals surface area contributed by atoms with E-state index in [0.717, 1.165) is 11.1 Å². The minimum Gasteiger partial charge on any atom is -0.370 e. The van der Waals surface area contributed by atoms with Crippen LogP contribution in [0.3, 0.4) is 0 Å². The molecular weight excluding hydrogens is 436 g/mol. The van der Waals surface area contributed by atoms with Crippen molar-refractivity contribution in [3.63, 3.8) is 0 Å². The SMILES string of the molecule is O=C=NCCC(O[C@H]1COC2C1OC[C@H]2OC(CCN=C=O)c1ccccc1)c1ccccc1. The summed E-state index contributed by atoms with van der Waals surface area (Å²) in [6.45, 7) is 1.44. The molecule has 2 aromatic rings. The van der Waals surface area contributed by atoms with Gasteiger partial charge in [-0.2, -0.15) is 0 Å². The standard InChI is InChI=1S/C26H28N2O6/c29-17-27-13-11-21(19-7-3-1-4-8-19)33-23-15-31-26-24(16-32-25(23)26)34-22(12-14-28-18-30)20-9-5-2-6-10-20/h1-10,21-26H,11-16H2/t21?,22?,23-,24+,25?,26?. The Balaban J connectivity index is 1.41. The lowest BCUT2D eigenvalue weighted by Gasteiger charge is -2.25. The van der Waals surface area contributed by atoms with Crippen LogP contribution in [0, 0.1) is 0 Å². The fourth-order valence-electron chi connectivity index (χ4n) is 4.50. The van der Waals surface area contributed by atoms with Crippen molar-refractivity contribution >= 4 is 12.2 Å². The molecule has 178 valence electrons. The van der Waals surface area contributed by atoms with Crippen LogP contribution in [-0.2, 0) is 28.5 Å². The van der Waals surface area contributed by atoms with Crippen LogP contribution in [-0.4, -0.2) is 62.9 Å². The maximum Gasteiger partial charge on any atom is 0.234 e. The molecule has 0 radical (unpaired) electrons. The van der Waals surface area contributed by atoms with E-state index in [1.165, 1.54) is 0 Å². The molecule has 0 aromatic heterocycles. The fraction of sp³-hybridized carbons (Fsp3) is 0.462. The molecule has 2 fully saturated rings. The average Bonchev–Trinajstić information content (AvgIpc) is 3.47. The summed E-state index contributed by atoms with van der Waals surface area (Å²) in [5, 5.41) is 0. The first kappa shape index (κ1) is 24.2. The van der Waals surface area contributed by atoms with Crippen molar-refractivity contribution in [2.75, 3.05) is 26.3 Å². The van der Waals surface area contributed by atoms with Crippen LogP contribution >= 0.6 is 0 Å². The summed E-state index contributed by atoms with van der Waals surface area (Å²) in [7, 11) is 0. The van der Waals surface area contributed by atoms with E-state index in [1.807, 2.05) is 60.7 Å². The molecule has 6 atom stereocenters. The van der Waals surface area contributed by atoms with Crippen molar-refractivity contribution in [2.45, 2.75) is 49.5 Å². The highest BCUT2D eigenvalue weighted by Crippen LogP contribution is 2.36. The lowest BCUT2D eigenvalue weighted by molar-refractivity contribution is -0.0898. The number of aliphatic imine (C=N–C) groups is 2. The molecule has 2 saturated heterocycles. The summed E-state index contributed by atoms with van der Waals surface area (Å²) in [4.78, 5) is 28.4. The van der Waals surface area contributed by atoms with Gasteiger partial charge in [0.25, 0.3) is 0 Å². The molecule has 0 spiro atoms. The molecule has 8 heteroatoms. The van der Waals surface area contributed by atoms with Crippen LogP contribution in [0.4, 0.5) is 0 Å². The molecule has 2 aromatic carbocycles. The number of benzene rings is 2. The van der Waals surface area contributed by atoms with Gasteiger partial charge >= 0.3 is 0 Å². The summed E-state index contributed by atoms with van der Waals surface area (Å²) < 4.78 is 25.0. The number of hydrogen-bond acceptors (Lipinski definition) is 8. The number of isocyanates is 2. The Morgan fingerprint density at radius 2 is 1.15 bits per heavy atom. The predicted molar refractivity (Wildman–Crippen MR) is 123 cm³/mol. The minimum atomic E-state index is -0.265. The van der Waals surface area contributed by atoms with Gasteiger partial charge in [0.1, 0.15) is 24.4 Å². The van der Waals surface area contributed by atoms with Crippen LogP contribution in [0.15, 0.2) is 70.6 Å². The Kier molecular flexibility index (Phi) is 8.88. The predicted octanol–water partition coefficient (Wildman–Crippen LogP) is 3.49. The minimum absolute atomic E-state index is 0.243. The number of carbonyl (C=O) groups excluding carboxylic acids is 2. The van der Waals surface area contributed by atoms with Gasteiger partial charge < -0.3 is 18.9 Å². The molecule has 0 N–H and O–H groups in total. The van der Waals surface area contributed by atoms with E-state index < -0.39 is 0 Å². The zero-order valence-electron chi connectivity index (χ0n) is 18.8. The highest BCUT2D eigenvalue weighted by molar-refractivity contribution is 5.33. The lowest BCUT2D eigenvalue weighted by Crippen LogP contribution is -2.35. The molecule has 0 saturated carbocycles. The number of ether oxygens (including phenoxy) is 4. The molecule has 4 unspecified atom stereocenters. The van der Waals surface area contributed by atoms with E-state index in [4.69, 9.17) is 18.9 Å². The van der Waals surface area contributed by atoms with Crippen LogP contribution < -0.4 is 0 Å². The Morgan fingerprint density at radius 1 is 0.735 bits per heavy atom. The van der Waals surface area contributed by atoms with Gasteiger partial charge in [0, 0.05) is 0 Å². The Labute approximate surface area is 198 Å². The van der Waals surface area contributed by atoms with E-state index in [2.05, 4.69) is 9.98 Å². The van der Waals surface area contributed by atoms with Gasteiger partial charge in [-0.15, -0.1) is 0 Å². The number of hydrogen-bond donors (Lipinski definition) is 0. The van der Waals surface area contributed by atoms with Crippen molar-refractivity contribution in [3.8, 4) is 0 Å².